The molecule has 0 fully saturated rings. The molecular weight excluding hydrogens is 317 g/mol. The molecule has 2 aromatic carbocycles. The molecule has 22 heavy (non-hydrogen) atoms. The van der Waals surface area contributed by atoms with Gasteiger partial charge >= 0.3 is 6.18 Å². The minimum absolute atomic E-state index is 0.296. The molecule has 0 bridgehead atoms. The number of anilines is 1. The highest BCUT2D eigenvalue weighted by atomic mass is 32.2. The van der Waals surface area contributed by atoms with Crippen LogP contribution in [0, 0.1) is 0 Å². The van der Waals surface area contributed by atoms with Gasteiger partial charge in [0.05, 0.1) is 23.0 Å². The Morgan fingerprint density at radius 1 is 1.09 bits per heavy atom. The molecule has 0 spiro atoms. The summed E-state index contributed by atoms with van der Waals surface area (Å²) in [6, 6.07) is 8.15. The molecule has 0 unspecified atom stereocenters. The maximum Gasteiger partial charge on any atom is 0.416 e. The van der Waals surface area contributed by atoms with Gasteiger partial charge < -0.3 is 4.98 Å². The van der Waals surface area contributed by atoms with Crippen LogP contribution in [0.25, 0.3) is 21.8 Å². The number of aromatic amines is 1. The van der Waals surface area contributed by atoms with Crippen molar-refractivity contribution in [1.82, 2.24) is 4.98 Å². The fraction of sp³-hybridized carbons (Fsp3) is 0.143. The molecule has 0 aliphatic rings. The van der Waals surface area contributed by atoms with E-state index in [0.29, 0.717) is 27.5 Å². The lowest BCUT2D eigenvalue weighted by Gasteiger charge is -2.06. The van der Waals surface area contributed by atoms with Crippen molar-refractivity contribution in [3.63, 3.8) is 0 Å². The third kappa shape index (κ3) is 2.61. The van der Waals surface area contributed by atoms with Crippen molar-refractivity contribution in [1.29, 1.82) is 0 Å². The van der Waals surface area contributed by atoms with Gasteiger partial charge in [0.25, 0.3) is 0 Å². The normalized spacial score (nSPS) is 12.9. The molecule has 0 saturated carbocycles. The second-order valence-electron chi connectivity index (χ2n) is 4.99. The van der Waals surface area contributed by atoms with Crippen LogP contribution in [-0.2, 0) is 16.2 Å². The van der Waals surface area contributed by atoms with Crippen LogP contribution in [0.4, 0.5) is 18.9 Å². The van der Waals surface area contributed by atoms with Crippen LogP contribution in [0.2, 0.25) is 0 Å². The topological polar surface area (TPSA) is 62.0 Å². The monoisotopic (exact) mass is 328 g/mol. The second-order valence-corrected chi connectivity index (χ2v) is 6.73. The number of nitrogens with one attached hydrogen (secondary N) is 2. The number of benzene rings is 2. The molecular formula is C14H11F3N2O2S. The zero-order valence-corrected chi connectivity index (χ0v) is 12.1. The van der Waals surface area contributed by atoms with E-state index in [1.807, 2.05) is 0 Å². The summed E-state index contributed by atoms with van der Waals surface area (Å²) in [5.74, 6) is 0. The highest BCUT2D eigenvalue weighted by Crippen LogP contribution is 2.35. The number of fused-ring (bicyclic) bond motifs is 3. The molecule has 3 rings (SSSR count). The van der Waals surface area contributed by atoms with Gasteiger partial charge in [-0.05, 0) is 24.3 Å². The fourth-order valence-corrected chi connectivity index (χ4v) is 2.95. The van der Waals surface area contributed by atoms with Gasteiger partial charge in [-0.3, -0.25) is 4.72 Å². The van der Waals surface area contributed by atoms with Crippen LogP contribution in [0.3, 0.4) is 0 Å². The van der Waals surface area contributed by atoms with Gasteiger partial charge in [-0.2, -0.15) is 13.2 Å². The van der Waals surface area contributed by atoms with Crippen molar-refractivity contribution in [2.45, 2.75) is 6.18 Å². The standard InChI is InChI=1S/C14H11F3N2O2S/c1-22(20,21)19-12-4-2-3-9-10-7-8(14(15,16)17)5-6-11(10)18-13(9)12/h2-7,18-19H,1H3. The average molecular weight is 328 g/mol. The van der Waals surface area contributed by atoms with E-state index in [1.165, 1.54) is 6.07 Å². The Labute approximate surface area is 124 Å². The SMILES string of the molecule is CS(=O)(=O)Nc1cccc2c1[nH]c1ccc(C(F)(F)F)cc12. The number of alkyl halides is 3. The Kier molecular flexibility index (Phi) is 3.10. The Morgan fingerprint density at radius 3 is 2.45 bits per heavy atom. The number of sulfonamides is 1. The van der Waals surface area contributed by atoms with Crippen molar-refractivity contribution >= 4 is 37.5 Å². The predicted molar refractivity (Wildman–Crippen MR) is 79.3 cm³/mol. The lowest BCUT2D eigenvalue weighted by molar-refractivity contribution is -0.137. The van der Waals surface area contributed by atoms with E-state index in [2.05, 4.69) is 9.71 Å². The van der Waals surface area contributed by atoms with Crippen LogP contribution in [-0.4, -0.2) is 19.7 Å². The van der Waals surface area contributed by atoms with E-state index in [4.69, 9.17) is 0 Å². The third-order valence-electron chi connectivity index (χ3n) is 3.26. The Bertz CT molecular complexity index is 975. The van der Waals surface area contributed by atoms with Gasteiger partial charge in [0.1, 0.15) is 0 Å². The second kappa shape index (κ2) is 4.64. The molecule has 0 amide bonds. The number of H-pyrrole nitrogens is 1. The molecule has 0 aliphatic carbocycles. The van der Waals surface area contributed by atoms with Gasteiger partial charge in [-0.25, -0.2) is 8.42 Å². The summed E-state index contributed by atoms with van der Waals surface area (Å²) in [7, 11) is -3.49. The summed E-state index contributed by atoms with van der Waals surface area (Å²) in [6.07, 6.45) is -3.42. The lowest BCUT2D eigenvalue weighted by atomic mass is 10.1. The van der Waals surface area contributed by atoms with Crippen molar-refractivity contribution < 1.29 is 21.6 Å². The molecule has 0 saturated heterocycles. The minimum atomic E-state index is -4.43. The van der Waals surface area contributed by atoms with E-state index in [0.717, 1.165) is 18.4 Å². The van der Waals surface area contributed by atoms with Gasteiger partial charge in [0.2, 0.25) is 10.0 Å². The first-order chi connectivity index (χ1) is 10.1. The van der Waals surface area contributed by atoms with Gasteiger partial charge in [-0.15, -0.1) is 0 Å². The highest BCUT2D eigenvalue weighted by molar-refractivity contribution is 7.92. The van der Waals surface area contributed by atoms with E-state index >= 15 is 0 Å². The molecule has 0 aliphatic heterocycles. The summed E-state index contributed by atoms with van der Waals surface area (Å²) < 4.78 is 63.6. The number of para-hydroxylation sites is 1. The summed E-state index contributed by atoms with van der Waals surface area (Å²) in [4.78, 5) is 2.95. The minimum Gasteiger partial charge on any atom is -0.353 e. The molecule has 3 aromatic rings. The first-order valence-electron chi connectivity index (χ1n) is 6.24. The molecule has 0 radical (unpaired) electrons. The summed E-state index contributed by atoms with van der Waals surface area (Å²) in [5, 5.41) is 0.914. The zero-order chi connectivity index (χ0) is 16.1. The smallest absolute Gasteiger partial charge is 0.353 e. The summed E-state index contributed by atoms with van der Waals surface area (Å²) in [6.45, 7) is 0. The van der Waals surface area contributed by atoms with E-state index < -0.39 is 21.8 Å². The van der Waals surface area contributed by atoms with Crippen LogP contribution in [0.15, 0.2) is 36.4 Å². The fourth-order valence-electron chi connectivity index (χ4n) is 2.38. The average Bonchev–Trinajstić information content (AvgIpc) is 2.75. The van der Waals surface area contributed by atoms with Gasteiger partial charge in [-0.1, -0.05) is 12.1 Å². The van der Waals surface area contributed by atoms with Crippen LogP contribution >= 0.6 is 0 Å². The lowest BCUT2D eigenvalue weighted by Crippen LogP contribution is -2.09. The largest absolute Gasteiger partial charge is 0.416 e. The molecule has 116 valence electrons. The highest BCUT2D eigenvalue weighted by Gasteiger charge is 2.30. The first-order valence-corrected chi connectivity index (χ1v) is 8.14. The van der Waals surface area contributed by atoms with Gasteiger partial charge in [0, 0.05) is 16.3 Å². The van der Waals surface area contributed by atoms with E-state index in [-0.39, 0.29) is 0 Å². The quantitative estimate of drug-likeness (QED) is 0.753. The predicted octanol–water partition coefficient (Wildman–Crippen LogP) is 3.71. The summed E-state index contributed by atoms with van der Waals surface area (Å²) in [5.41, 5.74) is 0.500. The van der Waals surface area contributed by atoms with Crippen LogP contribution in [0.5, 0.6) is 0 Å². The molecule has 1 heterocycles. The number of halogens is 3. The van der Waals surface area contributed by atoms with Crippen molar-refractivity contribution in [2.75, 3.05) is 11.0 Å². The van der Waals surface area contributed by atoms with Crippen LogP contribution in [0.1, 0.15) is 5.56 Å². The molecule has 1 aromatic heterocycles. The van der Waals surface area contributed by atoms with E-state index in [1.54, 1.807) is 18.2 Å². The Balaban J connectivity index is 2.29. The molecule has 2 N–H and O–H groups in total. The molecule has 8 heteroatoms. The maximum absolute atomic E-state index is 12.8. The van der Waals surface area contributed by atoms with E-state index in [9.17, 15) is 21.6 Å². The molecule has 0 atom stereocenters. The van der Waals surface area contributed by atoms with Gasteiger partial charge in [0.15, 0.2) is 0 Å². The Morgan fingerprint density at radius 2 is 1.82 bits per heavy atom. The Hall–Kier alpha value is -2.22. The zero-order valence-electron chi connectivity index (χ0n) is 11.3. The third-order valence-corrected chi connectivity index (χ3v) is 3.85. The van der Waals surface area contributed by atoms with Crippen molar-refractivity contribution in [2.24, 2.45) is 0 Å². The molecule has 4 nitrogen and oxygen atoms in total. The number of hydrogen-bond donors (Lipinski definition) is 2. The van der Waals surface area contributed by atoms with Crippen molar-refractivity contribution in [3.05, 3.63) is 42.0 Å². The first kappa shape index (κ1) is 14.7. The summed E-state index contributed by atoms with van der Waals surface area (Å²) >= 11 is 0. The van der Waals surface area contributed by atoms with Crippen molar-refractivity contribution in [3.8, 4) is 0 Å². The number of aromatic nitrogens is 1. The number of hydrogen-bond acceptors (Lipinski definition) is 2. The maximum atomic E-state index is 12.8. The van der Waals surface area contributed by atoms with Crippen LogP contribution < -0.4 is 4.72 Å². The number of rotatable bonds is 2.